The molecule has 1 aliphatic heterocycles. The van der Waals surface area contributed by atoms with Gasteiger partial charge in [-0.1, -0.05) is 24.3 Å². The Balaban J connectivity index is 1.30. The van der Waals surface area contributed by atoms with E-state index in [0.29, 0.717) is 30.6 Å². The molecule has 162 valence electrons. The molecule has 0 saturated heterocycles. The predicted octanol–water partition coefficient (Wildman–Crippen LogP) is 1.55. The Morgan fingerprint density at radius 3 is 2.03 bits per heavy atom. The summed E-state index contributed by atoms with van der Waals surface area (Å²) < 4.78 is 5.08. The lowest BCUT2D eigenvalue weighted by Gasteiger charge is -2.13. The van der Waals surface area contributed by atoms with Crippen molar-refractivity contribution >= 4 is 23.6 Å². The maximum atomic E-state index is 12.3. The first-order valence-corrected chi connectivity index (χ1v) is 10.1. The number of carbonyl (C=O) groups is 4. The molecule has 4 amide bonds. The summed E-state index contributed by atoms with van der Waals surface area (Å²) in [7, 11) is 1.58. The molecule has 0 atom stereocenters. The number of methoxy groups -OCH3 is 1. The van der Waals surface area contributed by atoms with Crippen LogP contribution in [0.1, 0.15) is 39.1 Å². The van der Waals surface area contributed by atoms with Crippen molar-refractivity contribution in [2.24, 2.45) is 0 Å². The molecule has 1 aliphatic rings. The first kappa shape index (κ1) is 22.0. The van der Waals surface area contributed by atoms with E-state index < -0.39 is 0 Å². The molecule has 2 aromatic carbocycles. The van der Waals surface area contributed by atoms with Gasteiger partial charge in [0.25, 0.3) is 11.8 Å². The SMILES string of the molecule is COc1ccc(CC(=O)NCCNC(=O)CCCN2C(=O)c3ccccc3C2=O)cc1. The van der Waals surface area contributed by atoms with Crippen LogP contribution in [0, 0.1) is 0 Å². The third-order valence-electron chi connectivity index (χ3n) is 4.96. The van der Waals surface area contributed by atoms with Crippen molar-refractivity contribution < 1.29 is 23.9 Å². The highest BCUT2D eigenvalue weighted by molar-refractivity contribution is 6.21. The molecule has 31 heavy (non-hydrogen) atoms. The quantitative estimate of drug-likeness (QED) is 0.446. The van der Waals surface area contributed by atoms with Crippen LogP contribution in [0.25, 0.3) is 0 Å². The Morgan fingerprint density at radius 1 is 0.871 bits per heavy atom. The molecule has 0 fully saturated rings. The van der Waals surface area contributed by atoms with Crippen molar-refractivity contribution in [1.29, 1.82) is 0 Å². The van der Waals surface area contributed by atoms with E-state index >= 15 is 0 Å². The third kappa shape index (κ3) is 5.69. The number of nitrogens with one attached hydrogen (secondary N) is 2. The van der Waals surface area contributed by atoms with Crippen LogP contribution in [0.15, 0.2) is 48.5 Å². The van der Waals surface area contributed by atoms with E-state index in [-0.39, 0.29) is 43.0 Å². The summed E-state index contributed by atoms with van der Waals surface area (Å²) in [5, 5.41) is 5.48. The van der Waals surface area contributed by atoms with E-state index in [1.807, 2.05) is 12.1 Å². The van der Waals surface area contributed by atoms with Crippen LogP contribution in [0.3, 0.4) is 0 Å². The van der Waals surface area contributed by atoms with E-state index in [2.05, 4.69) is 10.6 Å². The molecule has 8 nitrogen and oxygen atoms in total. The summed E-state index contributed by atoms with van der Waals surface area (Å²) in [6.07, 6.45) is 0.812. The number of amides is 4. The molecule has 0 unspecified atom stereocenters. The van der Waals surface area contributed by atoms with Gasteiger partial charge in [-0.25, -0.2) is 0 Å². The lowest BCUT2D eigenvalue weighted by molar-refractivity contribution is -0.122. The van der Waals surface area contributed by atoms with E-state index in [1.165, 1.54) is 4.90 Å². The number of ether oxygens (including phenoxy) is 1. The maximum absolute atomic E-state index is 12.3. The molecule has 8 heteroatoms. The van der Waals surface area contributed by atoms with Gasteiger partial charge in [0.1, 0.15) is 5.75 Å². The largest absolute Gasteiger partial charge is 0.497 e. The Labute approximate surface area is 180 Å². The first-order valence-electron chi connectivity index (χ1n) is 10.1. The number of imide groups is 1. The molecule has 0 saturated carbocycles. The normalized spacial score (nSPS) is 12.5. The van der Waals surface area contributed by atoms with Crippen LogP contribution in [0.4, 0.5) is 0 Å². The number of hydrogen-bond donors (Lipinski definition) is 2. The molecule has 0 radical (unpaired) electrons. The van der Waals surface area contributed by atoms with E-state index in [4.69, 9.17) is 4.74 Å². The minimum Gasteiger partial charge on any atom is -0.497 e. The average Bonchev–Trinajstić information content (AvgIpc) is 3.02. The predicted molar refractivity (Wildman–Crippen MR) is 114 cm³/mol. The average molecular weight is 423 g/mol. The highest BCUT2D eigenvalue weighted by atomic mass is 16.5. The number of hydrogen-bond acceptors (Lipinski definition) is 5. The standard InChI is InChI=1S/C23H25N3O5/c1-31-17-10-8-16(9-11-17)15-21(28)25-13-12-24-20(27)7-4-14-26-22(29)18-5-2-3-6-19(18)23(26)30/h2-3,5-6,8-11H,4,7,12-15H2,1H3,(H,24,27)(H,25,28). The highest BCUT2D eigenvalue weighted by Crippen LogP contribution is 2.22. The second-order valence-corrected chi connectivity index (χ2v) is 7.14. The molecule has 0 bridgehead atoms. The first-order chi connectivity index (χ1) is 15.0. The van der Waals surface area contributed by atoms with Gasteiger partial charge in [-0.2, -0.15) is 0 Å². The number of rotatable bonds is 10. The number of nitrogens with zero attached hydrogens (tertiary/aromatic N) is 1. The number of fused-ring (bicyclic) bond motifs is 1. The van der Waals surface area contributed by atoms with Crippen molar-refractivity contribution in [2.75, 3.05) is 26.7 Å². The monoisotopic (exact) mass is 423 g/mol. The zero-order chi connectivity index (χ0) is 22.2. The molecule has 2 N–H and O–H groups in total. The van der Waals surface area contributed by atoms with E-state index in [9.17, 15) is 19.2 Å². The van der Waals surface area contributed by atoms with E-state index in [1.54, 1.807) is 43.5 Å². The summed E-state index contributed by atoms with van der Waals surface area (Å²) in [6.45, 7) is 0.817. The minimum atomic E-state index is -0.319. The van der Waals surface area contributed by atoms with Gasteiger partial charge >= 0.3 is 0 Å². The number of carbonyl (C=O) groups excluding carboxylic acids is 4. The van der Waals surface area contributed by atoms with Gasteiger partial charge < -0.3 is 15.4 Å². The van der Waals surface area contributed by atoms with Crippen LogP contribution in [-0.2, 0) is 16.0 Å². The zero-order valence-electron chi connectivity index (χ0n) is 17.3. The zero-order valence-corrected chi connectivity index (χ0v) is 17.3. The molecule has 0 spiro atoms. The van der Waals surface area contributed by atoms with Crippen molar-refractivity contribution in [1.82, 2.24) is 15.5 Å². The molecule has 2 aromatic rings. The third-order valence-corrected chi connectivity index (χ3v) is 4.96. The van der Waals surface area contributed by atoms with Crippen LogP contribution in [0.5, 0.6) is 5.75 Å². The fourth-order valence-corrected chi connectivity index (χ4v) is 3.32. The van der Waals surface area contributed by atoms with Crippen LogP contribution < -0.4 is 15.4 Å². The maximum Gasteiger partial charge on any atom is 0.261 e. The summed E-state index contributed by atoms with van der Waals surface area (Å²) in [4.78, 5) is 49.7. The van der Waals surface area contributed by atoms with Gasteiger partial charge in [-0.3, -0.25) is 24.1 Å². The Hall–Kier alpha value is -3.68. The molecule has 0 aromatic heterocycles. The van der Waals surface area contributed by atoms with Gasteiger partial charge in [0.2, 0.25) is 11.8 Å². The summed E-state index contributed by atoms with van der Waals surface area (Å²) in [5.74, 6) is -0.234. The fraction of sp³-hybridized carbons (Fsp3) is 0.304. The lowest BCUT2D eigenvalue weighted by Crippen LogP contribution is -2.36. The van der Waals surface area contributed by atoms with Crippen LogP contribution in [-0.4, -0.2) is 55.3 Å². The van der Waals surface area contributed by atoms with Gasteiger partial charge in [0.05, 0.1) is 24.7 Å². The molecular formula is C23H25N3O5. The Bertz CT molecular complexity index is 936. The van der Waals surface area contributed by atoms with Gasteiger partial charge in [0, 0.05) is 26.1 Å². The van der Waals surface area contributed by atoms with Gasteiger partial charge in [-0.15, -0.1) is 0 Å². The lowest BCUT2D eigenvalue weighted by atomic mass is 10.1. The Kier molecular flexibility index (Phi) is 7.37. The summed E-state index contributed by atoms with van der Waals surface area (Å²) >= 11 is 0. The smallest absolute Gasteiger partial charge is 0.261 e. The van der Waals surface area contributed by atoms with Crippen molar-refractivity contribution in [2.45, 2.75) is 19.3 Å². The topological polar surface area (TPSA) is 105 Å². The number of benzene rings is 2. The summed E-state index contributed by atoms with van der Waals surface area (Å²) in [6, 6.07) is 13.9. The molecule has 0 aliphatic carbocycles. The van der Waals surface area contributed by atoms with E-state index in [0.717, 1.165) is 11.3 Å². The van der Waals surface area contributed by atoms with Crippen molar-refractivity contribution in [3.05, 3.63) is 65.2 Å². The van der Waals surface area contributed by atoms with Gasteiger partial charge in [-0.05, 0) is 36.2 Å². The van der Waals surface area contributed by atoms with Crippen LogP contribution in [0.2, 0.25) is 0 Å². The van der Waals surface area contributed by atoms with Crippen LogP contribution >= 0.6 is 0 Å². The second kappa shape index (κ2) is 10.4. The molecule has 1 heterocycles. The molecular weight excluding hydrogens is 398 g/mol. The summed E-state index contributed by atoms with van der Waals surface area (Å²) in [5.41, 5.74) is 1.68. The Morgan fingerprint density at radius 2 is 1.45 bits per heavy atom. The van der Waals surface area contributed by atoms with Gasteiger partial charge in [0.15, 0.2) is 0 Å². The van der Waals surface area contributed by atoms with Crippen molar-refractivity contribution in [3.63, 3.8) is 0 Å². The molecule has 3 rings (SSSR count). The van der Waals surface area contributed by atoms with Crippen molar-refractivity contribution in [3.8, 4) is 5.75 Å². The minimum absolute atomic E-state index is 0.134. The highest BCUT2D eigenvalue weighted by Gasteiger charge is 2.34. The second-order valence-electron chi connectivity index (χ2n) is 7.14. The fourth-order valence-electron chi connectivity index (χ4n) is 3.32.